The second-order valence-electron chi connectivity index (χ2n) is 3.39. The Labute approximate surface area is 116 Å². The minimum atomic E-state index is 0.320. The van der Waals surface area contributed by atoms with Gasteiger partial charge in [0.2, 0.25) is 0 Å². The molecule has 0 atom stereocenters. The fourth-order valence-corrected chi connectivity index (χ4v) is 2.83. The molecule has 4 N–H and O–H groups in total. The highest BCUT2D eigenvalue weighted by Crippen LogP contribution is 2.29. The Hall–Kier alpha value is -1.78. The molecule has 0 aliphatic carbocycles. The summed E-state index contributed by atoms with van der Waals surface area (Å²) in [4.78, 5) is 8.97. The van der Waals surface area contributed by atoms with E-state index in [1.807, 2.05) is 6.07 Å². The van der Waals surface area contributed by atoms with Crippen molar-refractivity contribution in [3.8, 4) is 6.07 Å². The fraction of sp³-hybridized carbons (Fsp3) is 0. The van der Waals surface area contributed by atoms with E-state index in [0.29, 0.717) is 22.4 Å². The third-order valence-electron chi connectivity index (χ3n) is 1.95. The van der Waals surface area contributed by atoms with E-state index < -0.39 is 0 Å². The molecule has 0 unspecified atom stereocenters. The number of nitriles is 1. The average molecular weight is 322 g/mol. The van der Waals surface area contributed by atoms with E-state index in [2.05, 4.69) is 32.0 Å². The van der Waals surface area contributed by atoms with E-state index in [1.165, 1.54) is 17.8 Å². The van der Waals surface area contributed by atoms with Crippen LogP contribution in [0.1, 0.15) is 5.56 Å². The largest absolute Gasteiger partial charge is 0.383 e. The number of rotatable bonds is 2. The minimum Gasteiger partial charge on any atom is -0.383 e. The maximum absolute atomic E-state index is 8.89. The maximum atomic E-state index is 8.89. The van der Waals surface area contributed by atoms with Crippen LogP contribution in [0.25, 0.3) is 0 Å². The van der Waals surface area contributed by atoms with Crippen molar-refractivity contribution < 1.29 is 0 Å². The van der Waals surface area contributed by atoms with Gasteiger partial charge in [0.05, 0.1) is 11.6 Å². The van der Waals surface area contributed by atoms with Crippen molar-refractivity contribution in [3.05, 3.63) is 34.3 Å². The van der Waals surface area contributed by atoms with Crippen molar-refractivity contribution in [2.24, 2.45) is 0 Å². The maximum Gasteiger partial charge on any atom is 0.196 e. The van der Waals surface area contributed by atoms with Gasteiger partial charge in [-0.2, -0.15) is 5.26 Å². The van der Waals surface area contributed by atoms with Gasteiger partial charge < -0.3 is 11.5 Å². The van der Waals surface area contributed by atoms with E-state index in [9.17, 15) is 0 Å². The molecule has 0 radical (unpaired) electrons. The summed E-state index contributed by atoms with van der Waals surface area (Å²) in [7, 11) is 0. The summed E-state index contributed by atoms with van der Waals surface area (Å²) in [6, 6.07) is 8.93. The van der Waals surface area contributed by atoms with Gasteiger partial charge in [-0.25, -0.2) is 9.97 Å². The second-order valence-corrected chi connectivity index (χ2v) is 5.35. The number of aromatic nitrogens is 2. The molecule has 0 aliphatic heterocycles. The summed E-state index contributed by atoms with van der Waals surface area (Å²) in [5, 5.41) is 9.34. The van der Waals surface area contributed by atoms with Crippen LogP contribution in [-0.2, 0) is 0 Å². The smallest absolute Gasteiger partial charge is 0.196 e. The summed E-state index contributed by atoms with van der Waals surface area (Å²) in [5.74, 6) is 0.640. The molecule has 0 spiro atoms. The van der Waals surface area contributed by atoms with Gasteiger partial charge in [-0.3, -0.25) is 0 Å². The Morgan fingerprint density at radius 1 is 1.11 bits per heavy atom. The summed E-state index contributed by atoms with van der Waals surface area (Å²) in [5.41, 5.74) is 11.7. The molecular formula is C11H8BrN5S. The molecule has 0 amide bonds. The van der Waals surface area contributed by atoms with Gasteiger partial charge in [-0.05, 0) is 30.0 Å². The monoisotopic (exact) mass is 321 g/mol. The normalized spacial score (nSPS) is 10.0. The fourth-order valence-electron chi connectivity index (χ4n) is 1.30. The van der Waals surface area contributed by atoms with Gasteiger partial charge >= 0.3 is 0 Å². The molecular weight excluding hydrogens is 314 g/mol. The molecule has 1 heterocycles. The zero-order valence-electron chi connectivity index (χ0n) is 9.09. The highest BCUT2D eigenvalue weighted by Gasteiger charge is 2.05. The van der Waals surface area contributed by atoms with E-state index in [-0.39, 0.29) is 0 Å². The van der Waals surface area contributed by atoms with Crippen LogP contribution in [0.4, 0.5) is 11.6 Å². The van der Waals surface area contributed by atoms with Crippen LogP contribution in [0, 0.1) is 11.3 Å². The Bertz CT molecular complexity index is 618. The van der Waals surface area contributed by atoms with Crippen LogP contribution in [0.5, 0.6) is 0 Å². The first-order valence-electron chi connectivity index (χ1n) is 4.85. The van der Waals surface area contributed by atoms with Crippen molar-refractivity contribution in [1.29, 1.82) is 5.26 Å². The summed E-state index contributed by atoms with van der Waals surface area (Å²) < 4.78 is 0.820. The lowest BCUT2D eigenvalue weighted by Crippen LogP contribution is -1.98. The Morgan fingerprint density at radius 3 is 2.39 bits per heavy atom. The molecule has 90 valence electrons. The molecule has 1 aromatic heterocycles. The molecule has 0 bridgehead atoms. The predicted molar refractivity (Wildman–Crippen MR) is 73.8 cm³/mol. The molecule has 2 rings (SSSR count). The molecule has 5 nitrogen and oxygen atoms in total. The zero-order chi connectivity index (χ0) is 13.1. The van der Waals surface area contributed by atoms with Gasteiger partial charge in [0.25, 0.3) is 0 Å². The van der Waals surface area contributed by atoms with E-state index >= 15 is 0 Å². The van der Waals surface area contributed by atoms with E-state index in [4.69, 9.17) is 16.7 Å². The highest BCUT2D eigenvalue weighted by molar-refractivity contribution is 9.10. The summed E-state index contributed by atoms with van der Waals surface area (Å²) in [6.07, 6.45) is 0. The molecule has 0 aliphatic rings. The molecule has 2 aromatic rings. The Balaban J connectivity index is 2.34. The lowest BCUT2D eigenvalue weighted by molar-refractivity contribution is 0.984. The number of hydrogen-bond acceptors (Lipinski definition) is 6. The van der Waals surface area contributed by atoms with E-state index in [0.717, 1.165) is 9.37 Å². The molecule has 0 saturated heterocycles. The number of benzene rings is 1. The minimum absolute atomic E-state index is 0.320. The van der Waals surface area contributed by atoms with Crippen LogP contribution < -0.4 is 11.5 Å². The van der Waals surface area contributed by atoms with Gasteiger partial charge in [0, 0.05) is 15.4 Å². The third kappa shape index (κ3) is 3.12. The van der Waals surface area contributed by atoms with Crippen molar-refractivity contribution in [1.82, 2.24) is 9.97 Å². The Kier molecular flexibility index (Phi) is 3.69. The highest BCUT2D eigenvalue weighted by atomic mass is 79.9. The molecule has 0 saturated carbocycles. The molecule has 18 heavy (non-hydrogen) atoms. The van der Waals surface area contributed by atoms with Crippen molar-refractivity contribution in [2.75, 3.05) is 11.5 Å². The van der Waals surface area contributed by atoms with Gasteiger partial charge in [0.1, 0.15) is 11.6 Å². The second kappa shape index (κ2) is 5.25. The SMILES string of the molecule is N#Cc1cc(Br)cc(Sc2nc(N)cc(N)n2)c1. The van der Waals surface area contributed by atoms with Gasteiger partial charge in [0.15, 0.2) is 5.16 Å². The third-order valence-corrected chi connectivity index (χ3v) is 3.25. The van der Waals surface area contributed by atoms with Gasteiger partial charge in [-0.15, -0.1) is 0 Å². The number of nitrogen functional groups attached to an aromatic ring is 2. The lowest BCUT2D eigenvalue weighted by Gasteiger charge is -2.03. The first-order valence-corrected chi connectivity index (χ1v) is 6.46. The predicted octanol–water partition coefficient (Wildman–Crippen LogP) is 2.43. The molecule has 1 aromatic carbocycles. The van der Waals surface area contributed by atoms with Crippen LogP contribution in [0.15, 0.2) is 38.8 Å². The van der Waals surface area contributed by atoms with Crippen LogP contribution in [0.3, 0.4) is 0 Å². The van der Waals surface area contributed by atoms with Crippen LogP contribution >= 0.6 is 27.7 Å². The topological polar surface area (TPSA) is 102 Å². The number of nitrogens with two attached hydrogens (primary N) is 2. The average Bonchev–Trinajstić information content (AvgIpc) is 2.26. The van der Waals surface area contributed by atoms with Crippen molar-refractivity contribution in [3.63, 3.8) is 0 Å². The number of hydrogen-bond donors (Lipinski definition) is 2. The number of anilines is 2. The van der Waals surface area contributed by atoms with Crippen molar-refractivity contribution in [2.45, 2.75) is 10.1 Å². The Morgan fingerprint density at radius 2 is 1.78 bits per heavy atom. The lowest BCUT2D eigenvalue weighted by atomic mass is 10.2. The first-order chi connectivity index (χ1) is 8.56. The van der Waals surface area contributed by atoms with Gasteiger partial charge in [-0.1, -0.05) is 15.9 Å². The zero-order valence-corrected chi connectivity index (χ0v) is 11.5. The summed E-state index contributed by atoms with van der Waals surface area (Å²) >= 11 is 4.64. The number of nitrogens with zero attached hydrogens (tertiary/aromatic N) is 3. The van der Waals surface area contributed by atoms with Crippen molar-refractivity contribution >= 4 is 39.3 Å². The molecule has 0 fully saturated rings. The number of halogens is 1. The molecule has 7 heteroatoms. The van der Waals surface area contributed by atoms with Crippen LogP contribution in [-0.4, -0.2) is 9.97 Å². The first kappa shape index (κ1) is 12.7. The van der Waals surface area contributed by atoms with E-state index in [1.54, 1.807) is 12.1 Å². The van der Waals surface area contributed by atoms with Crippen LogP contribution in [0.2, 0.25) is 0 Å². The quantitative estimate of drug-likeness (QED) is 0.823. The summed E-state index contributed by atoms with van der Waals surface area (Å²) in [6.45, 7) is 0. The standard InChI is InChI=1S/C11H8BrN5S/c12-7-1-6(5-13)2-8(3-7)18-11-16-9(14)4-10(15)17-11/h1-4H,(H4,14,15,16,17).